The van der Waals surface area contributed by atoms with E-state index in [0.717, 1.165) is 32.5 Å². The minimum atomic E-state index is -0.519. The van der Waals surface area contributed by atoms with E-state index in [0.29, 0.717) is 13.1 Å². The number of esters is 1. The fourth-order valence-electron chi connectivity index (χ4n) is 3.18. The normalized spacial score (nSPS) is 14.5. The number of amides is 1. The molecule has 0 spiro atoms. The van der Waals surface area contributed by atoms with Crippen molar-refractivity contribution in [2.24, 2.45) is 0 Å². The van der Waals surface area contributed by atoms with E-state index in [-0.39, 0.29) is 11.3 Å². The Hall–Kier alpha value is -2.93. The smallest absolute Gasteiger partial charge is 0.415 e. The van der Waals surface area contributed by atoms with Crippen molar-refractivity contribution in [2.45, 2.75) is 12.8 Å². The standard InChI is InChI=1S/C21H25N3O4/c1-27-20(25)18-14-19(16-22-15-18)28-21(26)24-12-10-23(11-13-24)9-5-8-17-6-3-2-4-7-17/h2-4,6-7,14-16H,5,8-13H2,1H3. The number of nitrogens with zero attached hydrogens (tertiary/aromatic N) is 3. The SMILES string of the molecule is COC(=O)c1cncc(OC(=O)N2CCN(CCCc3ccccc3)CC2)c1. The van der Waals surface area contributed by atoms with E-state index in [1.807, 2.05) is 6.07 Å². The summed E-state index contributed by atoms with van der Waals surface area (Å²) in [6.45, 7) is 3.90. The molecule has 1 amide bonds. The summed E-state index contributed by atoms with van der Waals surface area (Å²) in [6.07, 6.45) is 4.52. The van der Waals surface area contributed by atoms with E-state index in [4.69, 9.17) is 4.74 Å². The molecule has 0 saturated carbocycles. The average molecular weight is 383 g/mol. The molecule has 0 atom stereocenters. The third kappa shape index (κ3) is 5.53. The first-order valence-electron chi connectivity index (χ1n) is 9.42. The Labute approximate surface area is 164 Å². The van der Waals surface area contributed by atoms with Gasteiger partial charge in [-0.3, -0.25) is 9.88 Å². The molecular formula is C21H25N3O4. The molecule has 0 aliphatic carbocycles. The van der Waals surface area contributed by atoms with Gasteiger partial charge in [-0.15, -0.1) is 0 Å². The molecule has 0 bridgehead atoms. The third-order valence-corrected chi connectivity index (χ3v) is 4.75. The molecule has 0 N–H and O–H groups in total. The summed E-state index contributed by atoms with van der Waals surface area (Å²) >= 11 is 0. The first-order valence-corrected chi connectivity index (χ1v) is 9.42. The zero-order valence-corrected chi connectivity index (χ0v) is 16.0. The van der Waals surface area contributed by atoms with Crippen molar-refractivity contribution in [1.82, 2.24) is 14.8 Å². The van der Waals surface area contributed by atoms with Crippen molar-refractivity contribution in [1.29, 1.82) is 0 Å². The highest BCUT2D eigenvalue weighted by atomic mass is 16.6. The van der Waals surface area contributed by atoms with Gasteiger partial charge in [0.2, 0.25) is 0 Å². The first kappa shape index (κ1) is 19.8. The fraction of sp³-hybridized carbons (Fsp3) is 0.381. The van der Waals surface area contributed by atoms with E-state index in [1.54, 1.807) is 4.90 Å². The van der Waals surface area contributed by atoms with Crippen molar-refractivity contribution >= 4 is 12.1 Å². The van der Waals surface area contributed by atoms with E-state index in [1.165, 1.54) is 31.1 Å². The number of ether oxygens (including phenoxy) is 2. The van der Waals surface area contributed by atoms with E-state index in [9.17, 15) is 9.59 Å². The second-order valence-electron chi connectivity index (χ2n) is 6.69. The molecule has 2 aromatic rings. The Morgan fingerprint density at radius 3 is 2.54 bits per heavy atom. The number of hydrogen-bond acceptors (Lipinski definition) is 6. The van der Waals surface area contributed by atoms with Gasteiger partial charge in [-0.05, 0) is 31.0 Å². The predicted molar refractivity (Wildman–Crippen MR) is 104 cm³/mol. The molecule has 1 aromatic heterocycles. The molecule has 3 rings (SSSR count). The summed E-state index contributed by atoms with van der Waals surface area (Å²) in [7, 11) is 1.29. The molecule has 28 heavy (non-hydrogen) atoms. The maximum atomic E-state index is 12.4. The molecule has 1 aromatic carbocycles. The van der Waals surface area contributed by atoms with Crippen LogP contribution in [-0.2, 0) is 11.2 Å². The van der Waals surface area contributed by atoms with Gasteiger partial charge < -0.3 is 14.4 Å². The third-order valence-electron chi connectivity index (χ3n) is 4.75. The van der Waals surface area contributed by atoms with Crippen molar-refractivity contribution in [2.75, 3.05) is 39.8 Å². The second kappa shape index (κ2) is 9.85. The van der Waals surface area contributed by atoms with Crippen molar-refractivity contribution in [3.8, 4) is 5.75 Å². The zero-order valence-electron chi connectivity index (χ0n) is 16.0. The van der Waals surface area contributed by atoms with Crippen molar-refractivity contribution in [3.05, 3.63) is 59.9 Å². The zero-order chi connectivity index (χ0) is 19.8. The number of aryl methyl sites for hydroxylation is 1. The Morgan fingerprint density at radius 1 is 1.07 bits per heavy atom. The Kier molecular flexibility index (Phi) is 6.97. The van der Waals surface area contributed by atoms with Crippen molar-refractivity contribution < 1.29 is 19.1 Å². The van der Waals surface area contributed by atoms with E-state index >= 15 is 0 Å². The number of pyridine rings is 1. The Balaban J connectivity index is 1.42. The number of hydrogen-bond donors (Lipinski definition) is 0. The molecule has 1 fully saturated rings. The maximum absolute atomic E-state index is 12.4. The Bertz CT molecular complexity index is 789. The van der Waals surface area contributed by atoms with Crippen molar-refractivity contribution in [3.63, 3.8) is 0 Å². The second-order valence-corrected chi connectivity index (χ2v) is 6.69. The fourth-order valence-corrected chi connectivity index (χ4v) is 3.18. The van der Waals surface area contributed by atoms with Crippen LogP contribution in [0.1, 0.15) is 22.3 Å². The number of piperazine rings is 1. The molecule has 0 radical (unpaired) electrons. The van der Waals surface area contributed by atoms with Gasteiger partial charge in [-0.25, -0.2) is 9.59 Å². The quantitative estimate of drug-likeness (QED) is 0.714. The van der Waals surface area contributed by atoms with Gasteiger partial charge in [-0.1, -0.05) is 30.3 Å². The van der Waals surface area contributed by atoms with E-state index in [2.05, 4.69) is 38.9 Å². The van der Waals surface area contributed by atoms with Crippen LogP contribution in [0.5, 0.6) is 5.75 Å². The highest BCUT2D eigenvalue weighted by molar-refractivity contribution is 5.89. The van der Waals surface area contributed by atoms with Crippen LogP contribution >= 0.6 is 0 Å². The lowest BCUT2D eigenvalue weighted by atomic mass is 10.1. The van der Waals surface area contributed by atoms with E-state index < -0.39 is 12.1 Å². The lowest BCUT2D eigenvalue weighted by Gasteiger charge is -2.34. The molecule has 2 heterocycles. The van der Waals surface area contributed by atoms with Crippen LogP contribution in [0.15, 0.2) is 48.8 Å². The summed E-state index contributed by atoms with van der Waals surface area (Å²) in [6, 6.07) is 11.9. The topological polar surface area (TPSA) is 72.0 Å². The van der Waals surface area contributed by atoms with Crippen LogP contribution in [0.25, 0.3) is 0 Å². The minimum Gasteiger partial charge on any atom is -0.465 e. The highest BCUT2D eigenvalue weighted by Crippen LogP contribution is 2.14. The molecular weight excluding hydrogens is 358 g/mol. The number of rotatable bonds is 6. The van der Waals surface area contributed by atoms with Crippen LogP contribution in [-0.4, -0.2) is 66.7 Å². The molecule has 1 aliphatic heterocycles. The summed E-state index contributed by atoms with van der Waals surface area (Å²) in [5, 5.41) is 0. The lowest BCUT2D eigenvalue weighted by Crippen LogP contribution is -2.49. The van der Waals surface area contributed by atoms with Gasteiger partial charge in [0.05, 0.1) is 18.9 Å². The summed E-state index contributed by atoms with van der Waals surface area (Å²) < 4.78 is 10.0. The number of aromatic nitrogens is 1. The van der Waals surface area contributed by atoms with Crippen LogP contribution in [0.3, 0.4) is 0 Å². The molecule has 148 valence electrons. The first-order chi connectivity index (χ1) is 13.7. The summed E-state index contributed by atoms with van der Waals surface area (Å²) in [4.78, 5) is 31.9. The largest absolute Gasteiger partial charge is 0.465 e. The summed E-state index contributed by atoms with van der Waals surface area (Å²) in [5.41, 5.74) is 1.60. The molecule has 1 saturated heterocycles. The molecule has 7 nitrogen and oxygen atoms in total. The number of carbonyl (C=O) groups is 2. The molecule has 0 unspecified atom stereocenters. The number of methoxy groups -OCH3 is 1. The van der Waals surface area contributed by atoms with Gasteiger partial charge in [0.1, 0.15) is 0 Å². The van der Waals surface area contributed by atoms with Gasteiger partial charge in [0, 0.05) is 32.4 Å². The maximum Gasteiger partial charge on any atom is 0.415 e. The van der Waals surface area contributed by atoms with Gasteiger partial charge in [0.25, 0.3) is 0 Å². The highest BCUT2D eigenvalue weighted by Gasteiger charge is 2.22. The van der Waals surface area contributed by atoms with Crippen LogP contribution in [0, 0.1) is 0 Å². The van der Waals surface area contributed by atoms with Gasteiger partial charge in [0.15, 0.2) is 5.75 Å². The van der Waals surface area contributed by atoms with Crippen LogP contribution in [0.2, 0.25) is 0 Å². The average Bonchev–Trinajstić information content (AvgIpc) is 2.74. The number of carbonyl (C=O) groups excluding carboxylic acids is 2. The number of benzene rings is 1. The predicted octanol–water partition coefficient (Wildman–Crippen LogP) is 2.62. The van der Waals surface area contributed by atoms with Gasteiger partial charge >= 0.3 is 12.1 Å². The van der Waals surface area contributed by atoms with Crippen LogP contribution in [0.4, 0.5) is 4.79 Å². The Morgan fingerprint density at radius 2 is 1.82 bits per heavy atom. The monoisotopic (exact) mass is 383 g/mol. The lowest BCUT2D eigenvalue weighted by molar-refractivity contribution is 0.0599. The summed E-state index contributed by atoms with van der Waals surface area (Å²) in [5.74, 6) is -0.285. The minimum absolute atomic E-state index is 0.234. The van der Waals surface area contributed by atoms with Crippen LogP contribution < -0.4 is 4.74 Å². The van der Waals surface area contributed by atoms with Gasteiger partial charge in [-0.2, -0.15) is 0 Å². The molecule has 7 heteroatoms. The molecule has 1 aliphatic rings.